The van der Waals surface area contributed by atoms with Crippen LogP contribution in [-0.4, -0.2) is 48.9 Å². The Morgan fingerprint density at radius 3 is 2.68 bits per heavy atom. The number of halogens is 1. The number of imide groups is 1. The molecule has 0 aromatic heterocycles. The van der Waals surface area contributed by atoms with Gasteiger partial charge in [0.25, 0.3) is 0 Å². The molecule has 1 spiro atoms. The number of nitrogens with one attached hydrogen (secondary N) is 2. The summed E-state index contributed by atoms with van der Waals surface area (Å²) in [6.07, 6.45) is 0.684. The fraction of sp³-hybridized carbons (Fsp3) is 0.550. The molecule has 3 aliphatic rings. The van der Waals surface area contributed by atoms with Crippen molar-refractivity contribution >= 4 is 35.0 Å². The summed E-state index contributed by atoms with van der Waals surface area (Å²) < 4.78 is 5.07. The van der Waals surface area contributed by atoms with Crippen LogP contribution in [0.15, 0.2) is 18.2 Å². The maximum atomic E-state index is 13.3. The van der Waals surface area contributed by atoms with Crippen molar-refractivity contribution in [2.45, 2.75) is 31.8 Å². The normalized spacial score (nSPS) is 31.1. The molecule has 3 amide bonds. The van der Waals surface area contributed by atoms with Crippen LogP contribution in [0.1, 0.15) is 25.8 Å². The van der Waals surface area contributed by atoms with Crippen LogP contribution in [0.4, 0.5) is 5.69 Å². The van der Waals surface area contributed by atoms with Gasteiger partial charge in [0.1, 0.15) is 5.54 Å². The monoisotopic (exact) mass is 405 g/mol. The third-order valence-corrected chi connectivity index (χ3v) is 6.25. The number of hydrogen-bond acceptors (Lipinski definition) is 5. The third-order valence-electron chi connectivity index (χ3n) is 6.01. The van der Waals surface area contributed by atoms with Gasteiger partial charge in [-0.3, -0.25) is 24.6 Å². The van der Waals surface area contributed by atoms with Crippen molar-refractivity contribution in [3.05, 3.63) is 28.8 Å². The Morgan fingerprint density at radius 1 is 1.25 bits per heavy atom. The van der Waals surface area contributed by atoms with Gasteiger partial charge in [-0.05, 0) is 30.5 Å². The Kier molecular flexibility index (Phi) is 4.72. The van der Waals surface area contributed by atoms with E-state index in [1.165, 1.54) is 12.0 Å². The zero-order chi connectivity index (χ0) is 20.2. The molecule has 3 heterocycles. The third kappa shape index (κ3) is 2.60. The van der Waals surface area contributed by atoms with Gasteiger partial charge >= 0.3 is 0 Å². The molecule has 2 unspecified atom stereocenters. The first kappa shape index (κ1) is 19.4. The number of nitrogens with zero attached hydrogens (tertiary/aromatic N) is 1. The number of carbonyl (C=O) groups is 3. The smallest absolute Gasteiger partial charge is 0.250 e. The standard InChI is InChI=1S/C20H24ClN3O4/c1-10(2)8-14-15-16(18(26)24(17(15)25)6-7-28-3)20(23-14)12-9-11(21)4-5-13(12)22-19(20)27/h4-5,9-10,14-16,23H,6-8H2,1-3H3,(H,22,27)/t14?,15-,16+,20?/m1/s1. The topological polar surface area (TPSA) is 87.7 Å². The van der Waals surface area contributed by atoms with Gasteiger partial charge in [-0.25, -0.2) is 0 Å². The summed E-state index contributed by atoms with van der Waals surface area (Å²) in [5.74, 6) is -1.94. The molecular weight excluding hydrogens is 382 g/mol. The first-order chi connectivity index (χ1) is 13.3. The molecule has 2 N–H and O–H groups in total. The molecule has 4 rings (SSSR count). The highest BCUT2D eigenvalue weighted by Gasteiger charge is 2.70. The Bertz CT molecular complexity index is 858. The van der Waals surface area contributed by atoms with E-state index < -0.39 is 17.4 Å². The highest BCUT2D eigenvalue weighted by atomic mass is 35.5. The van der Waals surface area contributed by atoms with Crippen molar-refractivity contribution in [1.82, 2.24) is 10.2 Å². The second kappa shape index (κ2) is 6.83. The lowest BCUT2D eigenvalue weighted by Crippen LogP contribution is -2.53. The molecule has 4 atom stereocenters. The molecule has 0 radical (unpaired) electrons. The van der Waals surface area contributed by atoms with Crippen molar-refractivity contribution in [3.8, 4) is 0 Å². The lowest BCUT2D eigenvalue weighted by molar-refractivity contribution is -0.143. The van der Waals surface area contributed by atoms with E-state index in [0.717, 1.165) is 0 Å². The van der Waals surface area contributed by atoms with Gasteiger partial charge in [0.2, 0.25) is 17.7 Å². The number of ether oxygens (including phenoxy) is 1. The first-order valence-electron chi connectivity index (χ1n) is 9.54. The Labute approximate surface area is 168 Å². The van der Waals surface area contributed by atoms with Crippen LogP contribution in [0.5, 0.6) is 0 Å². The minimum atomic E-state index is -1.28. The molecule has 7 nitrogen and oxygen atoms in total. The van der Waals surface area contributed by atoms with Crippen LogP contribution >= 0.6 is 11.6 Å². The van der Waals surface area contributed by atoms with Crippen LogP contribution in [0, 0.1) is 17.8 Å². The van der Waals surface area contributed by atoms with Crippen molar-refractivity contribution in [2.75, 3.05) is 25.6 Å². The van der Waals surface area contributed by atoms with Crippen molar-refractivity contribution in [2.24, 2.45) is 17.8 Å². The predicted molar refractivity (Wildman–Crippen MR) is 104 cm³/mol. The summed E-state index contributed by atoms with van der Waals surface area (Å²) in [7, 11) is 1.53. The molecule has 8 heteroatoms. The van der Waals surface area contributed by atoms with E-state index in [-0.39, 0.29) is 36.9 Å². The zero-order valence-corrected chi connectivity index (χ0v) is 16.9. The average molecular weight is 406 g/mol. The fourth-order valence-corrected chi connectivity index (χ4v) is 5.12. The Balaban J connectivity index is 1.84. The summed E-state index contributed by atoms with van der Waals surface area (Å²) in [5, 5.41) is 6.75. The molecule has 2 saturated heterocycles. The number of rotatable bonds is 5. The van der Waals surface area contributed by atoms with Gasteiger partial charge in [0.05, 0.1) is 25.0 Å². The quantitative estimate of drug-likeness (QED) is 0.729. The SMILES string of the molecule is COCCN1C(=O)[C@@H]2C(CC(C)C)NC3(C(=O)Nc4ccc(Cl)cc43)[C@@H]2C1=O. The van der Waals surface area contributed by atoms with Crippen molar-refractivity contribution < 1.29 is 19.1 Å². The van der Waals surface area contributed by atoms with E-state index in [1.54, 1.807) is 18.2 Å². The summed E-state index contributed by atoms with van der Waals surface area (Å²) >= 11 is 6.21. The van der Waals surface area contributed by atoms with Gasteiger partial charge in [0, 0.05) is 29.4 Å². The molecule has 3 aliphatic heterocycles. The van der Waals surface area contributed by atoms with Gasteiger partial charge in [-0.15, -0.1) is 0 Å². The average Bonchev–Trinajstić information content (AvgIpc) is 3.19. The molecule has 2 fully saturated rings. The van der Waals surface area contributed by atoms with E-state index in [9.17, 15) is 14.4 Å². The number of benzene rings is 1. The second-order valence-electron chi connectivity index (χ2n) is 8.16. The Hall–Kier alpha value is -1.96. The summed E-state index contributed by atoms with van der Waals surface area (Å²) in [5.41, 5.74) is -0.0126. The molecule has 0 saturated carbocycles. The fourth-order valence-electron chi connectivity index (χ4n) is 4.95. The van der Waals surface area contributed by atoms with E-state index >= 15 is 0 Å². The van der Waals surface area contributed by atoms with E-state index in [1.807, 2.05) is 0 Å². The highest BCUT2D eigenvalue weighted by Crippen LogP contribution is 2.54. The van der Waals surface area contributed by atoms with Gasteiger partial charge in [-0.2, -0.15) is 0 Å². The highest BCUT2D eigenvalue weighted by molar-refractivity contribution is 6.31. The minimum Gasteiger partial charge on any atom is -0.383 e. The van der Waals surface area contributed by atoms with E-state index in [0.29, 0.717) is 28.6 Å². The molecule has 1 aromatic carbocycles. The molecule has 28 heavy (non-hydrogen) atoms. The lowest BCUT2D eigenvalue weighted by Gasteiger charge is -2.30. The van der Waals surface area contributed by atoms with Crippen LogP contribution in [0.3, 0.4) is 0 Å². The first-order valence-corrected chi connectivity index (χ1v) is 9.92. The second-order valence-corrected chi connectivity index (χ2v) is 8.59. The van der Waals surface area contributed by atoms with Crippen molar-refractivity contribution in [3.63, 3.8) is 0 Å². The lowest BCUT2D eigenvalue weighted by atomic mass is 9.76. The van der Waals surface area contributed by atoms with E-state index in [4.69, 9.17) is 16.3 Å². The van der Waals surface area contributed by atoms with Crippen molar-refractivity contribution in [1.29, 1.82) is 0 Å². The Morgan fingerprint density at radius 2 is 2.00 bits per heavy atom. The predicted octanol–water partition coefficient (Wildman–Crippen LogP) is 1.75. The summed E-state index contributed by atoms with van der Waals surface area (Å²) in [6.45, 7) is 4.58. The number of anilines is 1. The van der Waals surface area contributed by atoms with Gasteiger partial charge in [0.15, 0.2) is 0 Å². The molecule has 0 bridgehead atoms. The van der Waals surface area contributed by atoms with Crippen LogP contribution in [-0.2, 0) is 24.7 Å². The maximum absolute atomic E-state index is 13.3. The number of amides is 3. The number of methoxy groups -OCH3 is 1. The van der Waals surface area contributed by atoms with E-state index in [2.05, 4.69) is 24.5 Å². The molecule has 0 aliphatic carbocycles. The molecular formula is C20H24ClN3O4. The number of carbonyl (C=O) groups excluding carboxylic acids is 3. The van der Waals surface area contributed by atoms with Crippen LogP contribution in [0.2, 0.25) is 5.02 Å². The minimum absolute atomic E-state index is 0.190. The number of likely N-dealkylation sites (tertiary alicyclic amines) is 1. The van der Waals surface area contributed by atoms with Crippen LogP contribution in [0.25, 0.3) is 0 Å². The van der Waals surface area contributed by atoms with Gasteiger partial charge in [-0.1, -0.05) is 25.4 Å². The zero-order valence-electron chi connectivity index (χ0n) is 16.1. The number of hydrogen-bond donors (Lipinski definition) is 2. The summed E-state index contributed by atoms with van der Waals surface area (Å²) in [4.78, 5) is 40.9. The molecule has 150 valence electrons. The number of fused-ring (bicyclic) bond motifs is 4. The van der Waals surface area contributed by atoms with Crippen LogP contribution < -0.4 is 10.6 Å². The summed E-state index contributed by atoms with van der Waals surface area (Å²) in [6, 6.07) is 4.88. The van der Waals surface area contributed by atoms with Gasteiger partial charge < -0.3 is 10.1 Å². The largest absolute Gasteiger partial charge is 0.383 e. The maximum Gasteiger partial charge on any atom is 0.250 e. The molecule has 1 aromatic rings.